The van der Waals surface area contributed by atoms with Crippen LogP contribution in [0.2, 0.25) is 0 Å². The number of carboxylic acids is 2. The minimum absolute atomic E-state index is 0. The summed E-state index contributed by atoms with van der Waals surface area (Å²) in [6.45, 7) is 0. The van der Waals surface area contributed by atoms with Crippen LogP contribution in [0.25, 0.3) is 0 Å². The second kappa shape index (κ2) is 9.07. The molecular weight excluding hydrogens is 330 g/mol. The molecule has 0 heterocycles. The van der Waals surface area contributed by atoms with Gasteiger partial charge in [0.25, 0.3) is 5.91 Å². The van der Waals surface area contributed by atoms with Crippen LogP contribution >= 0.6 is 0 Å². The van der Waals surface area contributed by atoms with E-state index in [4.69, 9.17) is 0 Å². The van der Waals surface area contributed by atoms with Gasteiger partial charge in [0, 0.05) is 24.3 Å². The molecule has 0 fully saturated rings. The first-order valence-corrected chi connectivity index (χ1v) is 5.93. The number of hydrogen-bond donors (Lipinski definition) is 2. The van der Waals surface area contributed by atoms with Crippen LogP contribution in [0.3, 0.4) is 0 Å². The zero-order chi connectivity index (χ0) is 15.1. The second-order valence-corrected chi connectivity index (χ2v) is 4.08. The number of nitrogens with one attached hydrogen (secondary N) is 2. The first kappa shape index (κ1) is 19.1. The zero-order valence-electron chi connectivity index (χ0n) is 11.5. The minimum atomic E-state index is -1.54. The van der Waals surface area contributed by atoms with Gasteiger partial charge in [0.05, 0.1) is 12.0 Å². The van der Waals surface area contributed by atoms with E-state index < -0.39 is 30.3 Å². The van der Waals surface area contributed by atoms with Crippen LogP contribution in [-0.4, -0.2) is 30.9 Å². The SMILES string of the molecule is CNc1ccc(C(=O)N[C@@H](CCC(=O)[O-])C(=O)[O-])cc1.[Zn+2]. The van der Waals surface area contributed by atoms with Crippen molar-refractivity contribution in [1.82, 2.24) is 5.32 Å². The Morgan fingerprint density at radius 3 is 2.14 bits per heavy atom. The van der Waals surface area contributed by atoms with Crippen molar-refractivity contribution >= 4 is 23.5 Å². The summed E-state index contributed by atoms with van der Waals surface area (Å²) in [5, 5.41) is 26.2. The van der Waals surface area contributed by atoms with Crippen molar-refractivity contribution in [1.29, 1.82) is 0 Å². The summed E-state index contributed by atoms with van der Waals surface area (Å²) in [7, 11) is 1.72. The molecule has 1 atom stereocenters. The number of carbonyl (C=O) groups excluding carboxylic acids is 3. The predicted molar refractivity (Wildman–Crippen MR) is 66.5 cm³/mol. The maximum Gasteiger partial charge on any atom is 2.00 e. The van der Waals surface area contributed by atoms with Gasteiger partial charge >= 0.3 is 19.5 Å². The van der Waals surface area contributed by atoms with Crippen molar-refractivity contribution in [2.75, 3.05) is 12.4 Å². The van der Waals surface area contributed by atoms with Crippen molar-refractivity contribution in [3.05, 3.63) is 29.8 Å². The fourth-order valence-electron chi connectivity index (χ4n) is 1.54. The Morgan fingerprint density at radius 2 is 1.71 bits per heavy atom. The van der Waals surface area contributed by atoms with E-state index in [2.05, 4.69) is 10.6 Å². The van der Waals surface area contributed by atoms with Gasteiger partial charge in [-0.1, -0.05) is 0 Å². The van der Waals surface area contributed by atoms with E-state index >= 15 is 0 Å². The van der Waals surface area contributed by atoms with Crippen LogP contribution in [-0.2, 0) is 29.1 Å². The summed E-state index contributed by atoms with van der Waals surface area (Å²) in [6, 6.07) is 4.98. The molecule has 0 aliphatic heterocycles. The smallest absolute Gasteiger partial charge is 0.550 e. The van der Waals surface area contributed by atoms with Gasteiger partial charge in [-0.15, -0.1) is 0 Å². The molecular formula is C13H14N2O5Zn. The van der Waals surface area contributed by atoms with Crippen LogP contribution in [0.4, 0.5) is 5.69 Å². The Morgan fingerprint density at radius 1 is 1.14 bits per heavy atom. The molecule has 0 aromatic heterocycles. The molecule has 0 saturated heterocycles. The van der Waals surface area contributed by atoms with E-state index in [1.165, 1.54) is 12.1 Å². The largest absolute Gasteiger partial charge is 2.00 e. The number of amides is 1. The zero-order valence-corrected chi connectivity index (χ0v) is 14.5. The number of anilines is 1. The van der Waals surface area contributed by atoms with Crippen LogP contribution in [0.1, 0.15) is 23.2 Å². The summed E-state index contributed by atoms with van der Waals surface area (Å²) < 4.78 is 0. The third-order valence-electron chi connectivity index (χ3n) is 2.66. The fourth-order valence-corrected chi connectivity index (χ4v) is 1.54. The number of hydrogen-bond acceptors (Lipinski definition) is 6. The number of carbonyl (C=O) groups is 3. The van der Waals surface area contributed by atoms with Gasteiger partial charge in [-0.05, 0) is 37.1 Å². The second-order valence-electron chi connectivity index (χ2n) is 4.08. The van der Waals surface area contributed by atoms with Gasteiger partial charge in [-0.2, -0.15) is 0 Å². The Kier molecular flexibility index (Phi) is 8.23. The molecule has 1 rings (SSSR count). The Labute approximate surface area is 134 Å². The molecule has 1 aromatic rings. The number of carboxylic acid groups (broad SMARTS) is 2. The van der Waals surface area contributed by atoms with E-state index in [1.54, 1.807) is 19.2 Å². The van der Waals surface area contributed by atoms with Crippen molar-refractivity contribution in [2.45, 2.75) is 18.9 Å². The van der Waals surface area contributed by atoms with Gasteiger partial charge in [-0.25, -0.2) is 0 Å². The molecule has 0 unspecified atom stereocenters. The summed E-state index contributed by atoms with van der Waals surface area (Å²) >= 11 is 0. The molecule has 7 nitrogen and oxygen atoms in total. The van der Waals surface area contributed by atoms with E-state index in [1.807, 2.05) is 0 Å². The topological polar surface area (TPSA) is 121 Å². The predicted octanol–water partition coefficient (Wildman–Crippen LogP) is -1.90. The van der Waals surface area contributed by atoms with Crippen LogP contribution in [0.5, 0.6) is 0 Å². The molecule has 0 saturated carbocycles. The summed E-state index contributed by atoms with van der Waals surface area (Å²) in [6.07, 6.45) is -0.761. The van der Waals surface area contributed by atoms with E-state index in [0.29, 0.717) is 0 Å². The molecule has 2 N–H and O–H groups in total. The van der Waals surface area contributed by atoms with Gasteiger partial charge in [0.1, 0.15) is 0 Å². The third-order valence-corrected chi connectivity index (χ3v) is 2.66. The average molecular weight is 344 g/mol. The number of benzene rings is 1. The normalized spacial score (nSPS) is 10.9. The quantitative estimate of drug-likeness (QED) is 0.558. The molecule has 108 valence electrons. The molecule has 0 spiro atoms. The number of rotatable bonds is 7. The van der Waals surface area contributed by atoms with E-state index in [9.17, 15) is 24.6 Å². The van der Waals surface area contributed by atoms with Crippen molar-refractivity contribution in [2.24, 2.45) is 0 Å². The van der Waals surface area contributed by atoms with E-state index in [-0.39, 0.29) is 31.5 Å². The maximum atomic E-state index is 11.8. The van der Waals surface area contributed by atoms with E-state index in [0.717, 1.165) is 5.69 Å². The minimum Gasteiger partial charge on any atom is -0.550 e. The summed E-state index contributed by atoms with van der Waals surface area (Å²) in [4.78, 5) is 33.0. The van der Waals surface area contributed by atoms with Gasteiger partial charge in [0.15, 0.2) is 0 Å². The molecule has 0 radical (unpaired) electrons. The summed E-state index contributed by atoms with van der Waals surface area (Å²) in [5.41, 5.74) is 1.07. The Hall–Kier alpha value is -1.95. The third kappa shape index (κ3) is 6.36. The standard InChI is InChI=1S/C13H16N2O5.Zn/c1-14-9-4-2-8(3-5-9)12(18)15-10(13(19)20)6-7-11(16)17;/h2-5,10,14H,6-7H2,1H3,(H,15,18)(H,16,17)(H,19,20);/q;+2/p-2/t10-;/m0./s1. The summed E-state index contributed by atoms with van der Waals surface area (Å²) in [5.74, 6) is -3.53. The van der Waals surface area contributed by atoms with Crippen molar-refractivity contribution in [3.8, 4) is 0 Å². The fraction of sp³-hybridized carbons (Fsp3) is 0.308. The molecule has 8 heteroatoms. The van der Waals surface area contributed by atoms with Crippen molar-refractivity contribution < 1.29 is 44.1 Å². The Balaban J connectivity index is 0.00000400. The molecule has 0 bridgehead atoms. The average Bonchev–Trinajstić information content (AvgIpc) is 2.42. The van der Waals surface area contributed by atoms with Gasteiger partial charge < -0.3 is 30.4 Å². The molecule has 0 aliphatic carbocycles. The first-order valence-electron chi connectivity index (χ1n) is 5.93. The molecule has 21 heavy (non-hydrogen) atoms. The van der Waals surface area contributed by atoms with Crippen LogP contribution in [0, 0.1) is 0 Å². The number of aliphatic carboxylic acids is 2. The van der Waals surface area contributed by atoms with Gasteiger partial charge in [-0.3, -0.25) is 4.79 Å². The molecule has 0 aliphatic rings. The van der Waals surface area contributed by atoms with Gasteiger partial charge in [0.2, 0.25) is 0 Å². The maximum absolute atomic E-state index is 11.8. The first-order chi connectivity index (χ1) is 9.43. The van der Waals surface area contributed by atoms with Crippen molar-refractivity contribution in [3.63, 3.8) is 0 Å². The Bertz CT molecular complexity index is 504. The molecule has 1 amide bonds. The van der Waals surface area contributed by atoms with Crippen LogP contribution < -0.4 is 20.8 Å². The monoisotopic (exact) mass is 342 g/mol. The van der Waals surface area contributed by atoms with Crippen LogP contribution in [0.15, 0.2) is 24.3 Å². The molecule has 1 aromatic carbocycles.